The summed E-state index contributed by atoms with van der Waals surface area (Å²) in [7, 11) is 1.25. The maximum Gasteiger partial charge on any atom is 0.352 e. The number of anilines is 1. The van der Waals surface area contributed by atoms with E-state index in [-0.39, 0.29) is 28.1 Å². The first-order valence-electron chi connectivity index (χ1n) is 7.97. The minimum Gasteiger partial charge on any atom is -0.477 e. The van der Waals surface area contributed by atoms with Crippen LogP contribution in [-0.2, 0) is 24.0 Å². The van der Waals surface area contributed by atoms with E-state index in [2.05, 4.69) is 20.8 Å². The average Bonchev–Trinajstić information content (AvgIpc) is 3.17. The van der Waals surface area contributed by atoms with E-state index in [4.69, 9.17) is 16.4 Å². The Morgan fingerprint density at radius 3 is 2.93 bits per heavy atom. The summed E-state index contributed by atoms with van der Waals surface area (Å²) in [5.41, 5.74) is 0.256. The predicted octanol–water partition coefficient (Wildman–Crippen LogP) is 0.0393. The molecule has 1 saturated heterocycles. The van der Waals surface area contributed by atoms with Crippen LogP contribution in [0.4, 0.5) is 5.13 Å². The van der Waals surface area contributed by atoms with Crippen molar-refractivity contribution in [3.63, 3.8) is 0 Å². The number of hydrogen-bond acceptors (Lipinski definition) is 9. The summed E-state index contributed by atoms with van der Waals surface area (Å²) in [6.45, 7) is 0. The zero-order chi connectivity index (χ0) is 21.1. The molecule has 1 fully saturated rings. The van der Waals surface area contributed by atoms with Gasteiger partial charge in [0.25, 0.3) is 11.8 Å². The van der Waals surface area contributed by atoms with Gasteiger partial charge >= 0.3 is 5.97 Å². The van der Waals surface area contributed by atoms with Crippen LogP contribution in [-0.4, -0.2) is 75.1 Å². The molecule has 14 heteroatoms. The Kier molecular flexibility index (Phi) is 6.39. The number of halogens is 1. The quantitative estimate of drug-likeness (QED) is 0.162. The molecule has 11 nitrogen and oxygen atoms in total. The molecule has 0 bridgehead atoms. The van der Waals surface area contributed by atoms with Crippen LogP contribution in [0.5, 0.6) is 0 Å². The van der Waals surface area contributed by atoms with Crippen LogP contribution in [0.15, 0.2) is 21.8 Å². The summed E-state index contributed by atoms with van der Waals surface area (Å²) < 4.78 is 0. The van der Waals surface area contributed by atoms with Gasteiger partial charge in [-0.3, -0.25) is 19.3 Å². The molecule has 0 unspecified atom stereocenters. The van der Waals surface area contributed by atoms with Crippen molar-refractivity contribution in [2.24, 2.45) is 5.16 Å². The minimum atomic E-state index is -1.25. The number of thiazole rings is 1. The van der Waals surface area contributed by atoms with Crippen LogP contribution in [0.1, 0.15) is 5.69 Å². The summed E-state index contributed by atoms with van der Waals surface area (Å²) in [5.74, 6) is -2.21. The largest absolute Gasteiger partial charge is 0.477 e. The number of rotatable bonds is 8. The van der Waals surface area contributed by atoms with Crippen molar-refractivity contribution < 1.29 is 29.1 Å². The number of amides is 3. The first kappa shape index (κ1) is 21.1. The molecule has 0 aromatic carbocycles. The first-order valence-corrected chi connectivity index (χ1v) is 10.4. The Balaban J connectivity index is 1.77. The van der Waals surface area contributed by atoms with Crippen molar-refractivity contribution in [1.29, 1.82) is 0 Å². The second kappa shape index (κ2) is 8.80. The number of nitrogens with one attached hydrogen (secondary N) is 2. The smallest absolute Gasteiger partial charge is 0.352 e. The average molecular weight is 460 g/mol. The van der Waals surface area contributed by atoms with Crippen LogP contribution >= 0.6 is 34.7 Å². The molecule has 3 rings (SSSR count). The molecule has 1 aromatic rings. The summed E-state index contributed by atoms with van der Waals surface area (Å²) in [5, 5.41) is 19.2. The molecule has 154 valence electrons. The summed E-state index contributed by atoms with van der Waals surface area (Å²) in [4.78, 5) is 57.2. The number of carbonyl (C=O) groups excluding carboxylic acids is 3. The number of hydrogen-bond donors (Lipinski definition) is 3. The van der Waals surface area contributed by atoms with Gasteiger partial charge in [0.15, 0.2) is 10.8 Å². The monoisotopic (exact) mass is 459 g/mol. The number of aliphatic carboxylic acids is 1. The Labute approximate surface area is 177 Å². The number of carboxylic acids is 1. The molecule has 2 aliphatic rings. The van der Waals surface area contributed by atoms with Gasteiger partial charge in [0.2, 0.25) is 6.41 Å². The number of carboxylic acid groups (broad SMARTS) is 1. The Hall–Kier alpha value is -2.64. The highest BCUT2D eigenvalue weighted by Gasteiger charge is 2.54. The van der Waals surface area contributed by atoms with Crippen LogP contribution in [0, 0.1) is 0 Å². The Morgan fingerprint density at radius 1 is 1.55 bits per heavy atom. The third kappa shape index (κ3) is 3.93. The third-order valence-electron chi connectivity index (χ3n) is 4.02. The van der Waals surface area contributed by atoms with Crippen molar-refractivity contribution in [3.8, 4) is 0 Å². The van der Waals surface area contributed by atoms with Gasteiger partial charge in [-0.15, -0.1) is 34.7 Å². The van der Waals surface area contributed by atoms with Crippen molar-refractivity contribution in [2.45, 2.75) is 11.4 Å². The Morgan fingerprint density at radius 2 is 2.31 bits per heavy atom. The molecule has 0 saturated carbocycles. The van der Waals surface area contributed by atoms with E-state index >= 15 is 0 Å². The second-order valence-electron chi connectivity index (χ2n) is 5.67. The van der Waals surface area contributed by atoms with E-state index in [0.29, 0.717) is 17.7 Å². The van der Waals surface area contributed by atoms with Gasteiger partial charge in [0, 0.05) is 17.0 Å². The van der Waals surface area contributed by atoms with Gasteiger partial charge in [-0.1, -0.05) is 5.16 Å². The topological polar surface area (TPSA) is 150 Å². The molecular weight excluding hydrogens is 446 g/mol. The maximum atomic E-state index is 12.7. The highest BCUT2D eigenvalue weighted by atomic mass is 35.5. The molecule has 3 amide bonds. The van der Waals surface area contributed by atoms with Crippen LogP contribution in [0.3, 0.4) is 0 Å². The van der Waals surface area contributed by atoms with Crippen molar-refractivity contribution in [2.75, 3.05) is 24.1 Å². The lowest BCUT2D eigenvalue weighted by Crippen LogP contribution is -2.71. The maximum absolute atomic E-state index is 12.7. The first-order chi connectivity index (χ1) is 13.9. The molecule has 0 radical (unpaired) electrons. The highest BCUT2D eigenvalue weighted by Crippen LogP contribution is 2.40. The van der Waals surface area contributed by atoms with E-state index in [0.717, 1.165) is 16.2 Å². The zero-order valence-electron chi connectivity index (χ0n) is 14.7. The number of carbonyl (C=O) groups is 4. The number of oxime groups is 1. The summed E-state index contributed by atoms with van der Waals surface area (Å²) in [6.07, 6.45) is 0.445. The predicted molar refractivity (Wildman–Crippen MR) is 106 cm³/mol. The number of aromatic nitrogens is 1. The van der Waals surface area contributed by atoms with E-state index in [1.54, 1.807) is 0 Å². The minimum absolute atomic E-state index is 0.00616. The summed E-state index contributed by atoms with van der Waals surface area (Å²) in [6, 6.07) is -0.938. The van der Waals surface area contributed by atoms with Crippen LogP contribution < -0.4 is 10.6 Å². The van der Waals surface area contributed by atoms with Gasteiger partial charge in [-0.05, 0) is 5.57 Å². The van der Waals surface area contributed by atoms with Gasteiger partial charge < -0.3 is 20.6 Å². The van der Waals surface area contributed by atoms with Crippen molar-refractivity contribution in [1.82, 2.24) is 15.2 Å². The zero-order valence-corrected chi connectivity index (χ0v) is 17.1. The molecule has 1 aromatic heterocycles. The van der Waals surface area contributed by atoms with E-state index in [1.165, 1.54) is 24.3 Å². The Bertz CT molecular complexity index is 932. The molecule has 0 spiro atoms. The molecule has 2 atom stereocenters. The molecule has 3 N–H and O–H groups in total. The number of nitrogens with zero attached hydrogens (tertiary/aromatic N) is 3. The SMILES string of the molecule is CON=C(C(=O)N[C@@H]1C(=O)N2C(C(=O)O)=C(CCl)CS[C@@H]12)c1csc(NC=O)n1. The van der Waals surface area contributed by atoms with Crippen LogP contribution in [0.2, 0.25) is 0 Å². The van der Waals surface area contributed by atoms with E-state index in [1.807, 2.05) is 0 Å². The molecular formula is C15H14ClN5O6S2. The lowest BCUT2D eigenvalue weighted by molar-refractivity contribution is -0.150. The number of β-lactam (4-membered cyclic amide) rings is 1. The number of alkyl halides is 1. The standard InChI is InChI=1S/C15H14ClN5O6S2/c1-27-20-8(7-4-29-15(18-7)17-5-22)11(23)19-9-12(24)21-10(14(25)26)6(2-16)3-28-13(9)21/h4-5,9,13H,2-3H2,1H3,(H,19,23)(H,25,26)(H,17,18,22)/t9-,13+/m1/s1. The highest BCUT2D eigenvalue weighted by molar-refractivity contribution is 8.00. The normalized spacial score (nSPS) is 21.2. The second-order valence-corrected chi connectivity index (χ2v) is 7.90. The molecule has 29 heavy (non-hydrogen) atoms. The lowest BCUT2D eigenvalue weighted by Gasteiger charge is -2.49. The molecule has 2 aliphatic heterocycles. The van der Waals surface area contributed by atoms with Gasteiger partial charge in [-0.2, -0.15) is 0 Å². The number of fused-ring (bicyclic) bond motifs is 1. The molecule has 3 heterocycles. The lowest BCUT2D eigenvalue weighted by atomic mass is 10.0. The van der Waals surface area contributed by atoms with E-state index < -0.39 is 29.2 Å². The summed E-state index contributed by atoms with van der Waals surface area (Å²) >= 11 is 8.17. The fourth-order valence-electron chi connectivity index (χ4n) is 2.79. The fraction of sp³-hybridized carbons (Fsp3) is 0.333. The van der Waals surface area contributed by atoms with Crippen molar-refractivity contribution in [3.05, 3.63) is 22.3 Å². The fourth-order valence-corrected chi connectivity index (χ4v) is 5.12. The van der Waals surface area contributed by atoms with Gasteiger partial charge in [0.05, 0.1) is 0 Å². The van der Waals surface area contributed by atoms with Gasteiger partial charge in [0.1, 0.15) is 29.9 Å². The number of thioether (sulfide) groups is 1. The third-order valence-corrected chi connectivity index (χ3v) is 6.46. The molecule has 0 aliphatic carbocycles. The van der Waals surface area contributed by atoms with Crippen molar-refractivity contribution >= 4 is 69.7 Å². The van der Waals surface area contributed by atoms with Crippen LogP contribution in [0.25, 0.3) is 0 Å². The van der Waals surface area contributed by atoms with Gasteiger partial charge in [-0.25, -0.2) is 9.78 Å². The van der Waals surface area contributed by atoms with E-state index in [9.17, 15) is 24.3 Å².